The summed E-state index contributed by atoms with van der Waals surface area (Å²) in [5.74, 6) is 0.651. The molecule has 55 heavy (non-hydrogen) atoms. The lowest BCUT2D eigenvalue weighted by molar-refractivity contribution is -0.133. The zero-order valence-electron chi connectivity index (χ0n) is 30.4. The number of nitrogens with one attached hydrogen (secondary N) is 1. The topological polar surface area (TPSA) is 181 Å². The van der Waals surface area contributed by atoms with Crippen LogP contribution >= 0.6 is 11.6 Å². The van der Waals surface area contributed by atoms with Crippen molar-refractivity contribution in [1.82, 2.24) is 25.1 Å². The number of aromatic nitrogens is 4. The average Bonchev–Trinajstić information content (AvgIpc) is 3.68. The van der Waals surface area contributed by atoms with Crippen molar-refractivity contribution in [2.75, 3.05) is 35.0 Å². The normalized spacial score (nSPS) is 11.3. The summed E-state index contributed by atoms with van der Waals surface area (Å²) in [5, 5.41) is 20.4. The maximum atomic E-state index is 12.1. The van der Waals surface area contributed by atoms with E-state index in [0.717, 1.165) is 5.69 Å². The van der Waals surface area contributed by atoms with Crippen molar-refractivity contribution in [2.45, 2.75) is 6.92 Å². The minimum atomic E-state index is -0.576. The number of hydrogen-bond acceptors (Lipinski definition) is 13. The Labute approximate surface area is 322 Å². The van der Waals surface area contributed by atoms with Gasteiger partial charge in [0, 0.05) is 29.9 Å². The van der Waals surface area contributed by atoms with Crippen molar-refractivity contribution < 1.29 is 38.1 Å². The fourth-order valence-corrected chi connectivity index (χ4v) is 4.63. The van der Waals surface area contributed by atoms with Gasteiger partial charge in [0.25, 0.3) is 5.91 Å². The van der Waals surface area contributed by atoms with Crippen LogP contribution in [0.5, 0.6) is 29.1 Å². The van der Waals surface area contributed by atoms with E-state index in [1.54, 1.807) is 90.6 Å². The molecule has 0 radical (unpaired) electrons. The molecule has 15 nitrogen and oxygen atoms in total. The molecule has 0 spiro atoms. The largest absolute Gasteiger partial charge is 0.503 e. The maximum absolute atomic E-state index is 12.1. The summed E-state index contributed by atoms with van der Waals surface area (Å²) in [7, 11) is 5.62. The molecule has 0 aliphatic carbocycles. The van der Waals surface area contributed by atoms with Crippen LogP contribution in [0.15, 0.2) is 121 Å². The van der Waals surface area contributed by atoms with Crippen molar-refractivity contribution in [1.29, 1.82) is 5.26 Å². The predicted molar refractivity (Wildman–Crippen MR) is 203 cm³/mol. The first-order chi connectivity index (χ1) is 26.7. The monoisotopic (exact) mass is 765 g/mol. The quantitative estimate of drug-likeness (QED) is 0.0416. The molecule has 0 saturated heterocycles. The number of nitrogens with zero attached hydrogens (tertiary/aromatic N) is 6. The Kier molecular flexibility index (Phi) is 15.3. The van der Waals surface area contributed by atoms with E-state index in [1.165, 1.54) is 47.0 Å². The van der Waals surface area contributed by atoms with Gasteiger partial charge in [-0.15, -0.1) is 5.10 Å². The summed E-state index contributed by atoms with van der Waals surface area (Å²) in [6, 6.07) is 26.3. The Bertz CT molecular complexity index is 2210. The lowest BCUT2D eigenvalue weighted by Gasteiger charge is -2.12. The zero-order chi connectivity index (χ0) is 39.6. The van der Waals surface area contributed by atoms with Crippen molar-refractivity contribution in [2.24, 2.45) is 5.16 Å². The van der Waals surface area contributed by atoms with Crippen LogP contribution in [0.4, 0.5) is 0 Å². The highest BCUT2D eigenvalue weighted by Gasteiger charge is 2.19. The van der Waals surface area contributed by atoms with Gasteiger partial charge in [0.2, 0.25) is 17.6 Å². The first kappa shape index (κ1) is 40.6. The van der Waals surface area contributed by atoms with Gasteiger partial charge >= 0.3 is 5.97 Å². The standard InChI is InChI=1S/C22H17N3O5.C17H19ClN4O3/c1-27-13-17(22(26)28-2)16-8-4-6-10-19(16)30-21-11-20(24-14-25-21)29-18-9-5-3-7-15(18)12-23;1-12(16(21-24-3)17(23)19-2)9-11-25-15-8-10-22(20-15)14-6-4-13(18)5-7-14/h3-11,13-14H,1-2H3;4-10H,11H2,1-3H3,(H,19,23)/b17-13+;12-9-,21-16+. The summed E-state index contributed by atoms with van der Waals surface area (Å²) in [4.78, 5) is 36.7. The highest BCUT2D eigenvalue weighted by atomic mass is 35.5. The highest BCUT2D eigenvalue weighted by molar-refractivity contribution is 6.45. The van der Waals surface area contributed by atoms with E-state index in [-0.39, 0.29) is 35.6 Å². The van der Waals surface area contributed by atoms with Crippen LogP contribution in [0, 0.1) is 11.3 Å². The average molecular weight is 766 g/mol. The van der Waals surface area contributed by atoms with Crippen LogP contribution in [-0.4, -0.2) is 72.3 Å². The second kappa shape index (κ2) is 20.8. The molecule has 0 atom stereocenters. The third-order valence-electron chi connectivity index (χ3n) is 7.15. The third kappa shape index (κ3) is 11.7. The number of para-hydroxylation sites is 2. The fraction of sp³-hybridized carbons (Fsp3) is 0.154. The molecule has 0 bridgehead atoms. The first-order valence-electron chi connectivity index (χ1n) is 16.2. The number of carbonyl (C=O) groups excluding carboxylic acids is 2. The van der Waals surface area contributed by atoms with Gasteiger partial charge in [-0.2, -0.15) is 5.26 Å². The van der Waals surface area contributed by atoms with E-state index in [9.17, 15) is 14.9 Å². The molecule has 5 aromatic rings. The van der Waals surface area contributed by atoms with E-state index in [0.29, 0.717) is 39.1 Å². The molecule has 0 fully saturated rings. The van der Waals surface area contributed by atoms with Crippen LogP contribution in [0.25, 0.3) is 11.3 Å². The number of halogens is 1. The summed E-state index contributed by atoms with van der Waals surface area (Å²) in [6.45, 7) is 1.99. The third-order valence-corrected chi connectivity index (χ3v) is 7.40. The summed E-state index contributed by atoms with van der Waals surface area (Å²) < 4.78 is 28.6. The van der Waals surface area contributed by atoms with E-state index in [4.69, 9.17) is 40.1 Å². The lowest BCUT2D eigenvalue weighted by atomic mass is 10.1. The molecule has 0 saturated carbocycles. The number of benzene rings is 3. The smallest absolute Gasteiger partial charge is 0.341 e. The predicted octanol–water partition coefficient (Wildman–Crippen LogP) is 6.69. The molecule has 2 aromatic heterocycles. The summed E-state index contributed by atoms with van der Waals surface area (Å²) >= 11 is 5.88. The second-order valence-electron chi connectivity index (χ2n) is 10.7. The van der Waals surface area contributed by atoms with Crippen molar-refractivity contribution >= 4 is 34.8 Å². The lowest BCUT2D eigenvalue weighted by Crippen LogP contribution is -2.28. The molecule has 16 heteroatoms. The number of ether oxygens (including phenoxy) is 5. The van der Waals surface area contributed by atoms with Crippen molar-refractivity contribution in [3.63, 3.8) is 0 Å². The van der Waals surface area contributed by atoms with Crippen LogP contribution in [0.3, 0.4) is 0 Å². The van der Waals surface area contributed by atoms with Crippen LogP contribution in [-0.2, 0) is 23.9 Å². The number of rotatable bonds is 14. The molecule has 2 heterocycles. The van der Waals surface area contributed by atoms with E-state index in [1.807, 2.05) is 12.1 Å². The van der Waals surface area contributed by atoms with Crippen LogP contribution < -0.4 is 19.5 Å². The van der Waals surface area contributed by atoms with Gasteiger partial charge in [-0.25, -0.2) is 19.4 Å². The molecule has 1 N–H and O–H groups in total. The number of hydrogen-bond donors (Lipinski definition) is 1. The minimum absolute atomic E-state index is 0.184. The van der Waals surface area contributed by atoms with Crippen LogP contribution in [0.2, 0.25) is 5.02 Å². The minimum Gasteiger partial charge on any atom is -0.503 e. The number of nitriles is 1. The van der Waals surface area contributed by atoms with Crippen molar-refractivity contribution in [3.05, 3.63) is 132 Å². The molecular weight excluding hydrogens is 730 g/mol. The Morgan fingerprint density at radius 1 is 0.927 bits per heavy atom. The van der Waals surface area contributed by atoms with Gasteiger partial charge in [0.05, 0.1) is 37.8 Å². The molecule has 0 unspecified atom stereocenters. The van der Waals surface area contributed by atoms with Gasteiger partial charge in [0.15, 0.2) is 5.71 Å². The highest BCUT2D eigenvalue weighted by Crippen LogP contribution is 2.32. The Morgan fingerprint density at radius 3 is 2.25 bits per heavy atom. The first-order valence-corrected chi connectivity index (χ1v) is 16.6. The second-order valence-corrected chi connectivity index (χ2v) is 11.2. The molecule has 5 rings (SSSR count). The van der Waals surface area contributed by atoms with Gasteiger partial charge < -0.3 is 33.8 Å². The number of amides is 1. The Hall–Kier alpha value is -7.18. The number of carbonyl (C=O) groups is 2. The number of oxime groups is 1. The van der Waals surface area contributed by atoms with Gasteiger partial charge in [-0.3, -0.25) is 4.79 Å². The Balaban J connectivity index is 0.000000249. The van der Waals surface area contributed by atoms with E-state index < -0.39 is 5.97 Å². The van der Waals surface area contributed by atoms with Gasteiger partial charge in [0.1, 0.15) is 43.2 Å². The number of esters is 1. The summed E-state index contributed by atoms with van der Waals surface area (Å²) in [5.41, 5.74) is 2.72. The summed E-state index contributed by atoms with van der Waals surface area (Å²) in [6.07, 6.45) is 6.07. The van der Waals surface area contributed by atoms with Gasteiger partial charge in [-0.1, -0.05) is 47.1 Å². The van der Waals surface area contributed by atoms with E-state index in [2.05, 4.69) is 31.6 Å². The maximum Gasteiger partial charge on any atom is 0.341 e. The molecular formula is C39H36ClN7O8. The molecule has 0 aliphatic rings. The molecule has 282 valence electrons. The van der Waals surface area contributed by atoms with E-state index >= 15 is 0 Å². The van der Waals surface area contributed by atoms with Crippen molar-refractivity contribution in [3.8, 4) is 40.9 Å². The molecule has 0 aliphatic heterocycles. The fourth-order valence-electron chi connectivity index (χ4n) is 4.51. The van der Waals surface area contributed by atoms with Crippen LogP contribution in [0.1, 0.15) is 18.1 Å². The molecule has 3 aromatic carbocycles. The Morgan fingerprint density at radius 2 is 1.60 bits per heavy atom. The van der Waals surface area contributed by atoms with Gasteiger partial charge in [-0.05, 0) is 61.0 Å². The number of methoxy groups -OCH3 is 2. The molecule has 1 amide bonds. The zero-order valence-corrected chi connectivity index (χ0v) is 31.2. The SMILES string of the molecule is CNC(=O)C(=N/OC)/C(C)=C\COc1ccn(-c2ccc(Cl)cc2)n1.CO/C=C(/C(=O)OC)c1ccccc1Oc1cc(Oc2ccccc2C#N)ncn1.